The zero-order valence-corrected chi connectivity index (χ0v) is 13.9. The van der Waals surface area contributed by atoms with Crippen LogP contribution in [0.1, 0.15) is 36.6 Å². The Kier molecular flexibility index (Phi) is 4.98. The van der Waals surface area contributed by atoms with E-state index >= 15 is 0 Å². The van der Waals surface area contributed by atoms with Crippen molar-refractivity contribution < 1.29 is 10.0 Å². The molecule has 2 aromatic rings. The minimum Gasteiger partial charge on any atom is -0.494 e. The average Bonchev–Trinajstić information content (AvgIpc) is 2.54. The molecule has 8 heteroatoms. The summed E-state index contributed by atoms with van der Waals surface area (Å²) in [5, 5.41) is 30.7. The predicted octanol–water partition coefficient (Wildman–Crippen LogP) is 2.97. The summed E-state index contributed by atoms with van der Waals surface area (Å²) in [6, 6.07) is 7.36. The van der Waals surface area contributed by atoms with Crippen molar-refractivity contribution in [1.29, 1.82) is 5.26 Å². The van der Waals surface area contributed by atoms with Crippen LogP contribution in [0.25, 0.3) is 0 Å². The van der Waals surface area contributed by atoms with Gasteiger partial charge < -0.3 is 5.11 Å². The summed E-state index contributed by atoms with van der Waals surface area (Å²) < 4.78 is 1.09. The Morgan fingerprint density at radius 3 is 2.60 bits per heavy atom. The molecular formula is C17H16N4O4. The van der Waals surface area contributed by atoms with Crippen molar-refractivity contribution in [2.45, 2.75) is 26.8 Å². The van der Waals surface area contributed by atoms with Crippen molar-refractivity contribution in [3.8, 4) is 11.9 Å². The summed E-state index contributed by atoms with van der Waals surface area (Å²) in [6.45, 7) is 4.91. The van der Waals surface area contributed by atoms with E-state index in [2.05, 4.69) is 4.99 Å². The number of aliphatic imine (C=N–C) groups is 1. The number of nitro groups is 1. The van der Waals surface area contributed by atoms with Crippen LogP contribution in [-0.4, -0.2) is 20.8 Å². The minimum absolute atomic E-state index is 0.101. The first kappa shape index (κ1) is 17.9. The van der Waals surface area contributed by atoms with E-state index < -0.39 is 10.5 Å². The number of nitriles is 1. The third kappa shape index (κ3) is 3.26. The van der Waals surface area contributed by atoms with Crippen molar-refractivity contribution >= 4 is 17.6 Å². The lowest BCUT2D eigenvalue weighted by molar-refractivity contribution is -0.384. The maximum atomic E-state index is 12.3. The highest BCUT2D eigenvalue weighted by molar-refractivity contribution is 5.88. The second kappa shape index (κ2) is 6.97. The highest BCUT2D eigenvalue weighted by atomic mass is 16.6. The van der Waals surface area contributed by atoms with E-state index in [1.165, 1.54) is 31.3 Å². The van der Waals surface area contributed by atoms with Crippen LogP contribution < -0.4 is 5.56 Å². The van der Waals surface area contributed by atoms with E-state index in [1.54, 1.807) is 19.9 Å². The molecule has 0 spiro atoms. The van der Waals surface area contributed by atoms with Gasteiger partial charge in [0.15, 0.2) is 0 Å². The van der Waals surface area contributed by atoms with E-state index in [9.17, 15) is 25.3 Å². The Morgan fingerprint density at radius 2 is 2.04 bits per heavy atom. The molecule has 25 heavy (non-hydrogen) atoms. The Morgan fingerprint density at radius 1 is 1.40 bits per heavy atom. The molecule has 0 bridgehead atoms. The van der Waals surface area contributed by atoms with Crippen LogP contribution in [0.3, 0.4) is 0 Å². The molecule has 0 amide bonds. The zero-order chi connectivity index (χ0) is 18.7. The molecule has 0 saturated heterocycles. The molecular weight excluding hydrogens is 324 g/mol. The summed E-state index contributed by atoms with van der Waals surface area (Å²) in [7, 11) is 0. The number of nitro benzene ring substituents is 1. The van der Waals surface area contributed by atoms with Gasteiger partial charge in [0.25, 0.3) is 11.2 Å². The van der Waals surface area contributed by atoms with Crippen LogP contribution in [0.4, 0.5) is 11.4 Å². The van der Waals surface area contributed by atoms with Crippen LogP contribution >= 0.6 is 0 Å². The van der Waals surface area contributed by atoms with Gasteiger partial charge in [-0.25, -0.2) is 4.99 Å². The third-order valence-corrected chi connectivity index (χ3v) is 3.72. The van der Waals surface area contributed by atoms with E-state index in [0.717, 1.165) is 4.57 Å². The minimum atomic E-state index is -0.588. The number of para-hydroxylation sites is 2. The van der Waals surface area contributed by atoms with Gasteiger partial charge in [-0.15, -0.1) is 0 Å². The summed E-state index contributed by atoms with van der Waals surface area (Å²) in [4.78, 5) is 26.9. The first-order chi connectivity index (χ1) is 11.8. The van der Waals surface area contributed by atoms with Crippen LogP contribution in [0.5, 0.6) is 5.88 Å². The van der Waals surface area contributed by atoms with Crippen molar-refractivity contribution in [3.05, 3.63) is 61.4 Å². The fourth-order valence-electron chi connectivity index (χ4n) is 2.44. The first-order valence-corrected chi connectivity index (χ1v) is 7.45. The second-order valence-electron chi connectivity index (χ2n) is 5.62. The molecule has 128 valence electrons. The van der Waals surface area contributed by atoms with Crippen molar-refractivity contribution in [1.82, 2.24) is 4.57 Å². The van der Waals surface area contributed by atoms with Gasteiger partial charge in [-0.2, -0.15) is 5.26 Å². The largest absolute Gasteiger partial charge is 0.494 e. The molecule has 0 atom stereocenters. The number of nitrogens with zero attached hydrogens (tertiary/aromatic N) is 4. The van der Waals surface area contributed by atoms with Crippen molar-refractivity contribution in [3.63, 3.8) is 0 Å². The van der Waals surface area contributed by atoms with Crippen LogP contribution in [0, 0.1) is 28.4 Å². The van der Waals surface area contributed by atoms with Gasteiger partial charge in [-0.05, 0) is 32.4 Å². The third-order valence-electron chi connectivity index (χ3n) is 3.72. The monoisotopic (exact) mass is 340 g/mol. The number of hydrogen-bond acceptors (Lipinski definition) is 6. The smallest absolute Gasteiger partial charge is 0.294 e. The second-order valence-corrected chi connectivity index (χ2v) is 5.62. The molecule has 8 nitrogen and oxygen atoms in total. The maximum absolute atomic E-state index is 12.3. The molecule has 2 rings (SSSR count). The Bertz CT molecular complexity index is 968. The van der Waals surface area contributed by atoms with Gasteiger partial charge in [0.2, 0.25) is 5.88 Å². The summed E-state index contributed by atoms with van der Waals surface area (Å²) in [5.41, 5.74) is -0.334. The number of benzene rings is 1. The molecule has 1 heterocycles. The fourth-order valence-corrected chi connectivity index (χ4v) is 2.44. The van der Waals surface area contributed by atoms with Gasteiger partial charge in [-0.3, -0.25) is 19.5 Å². The van der Waals surface area contributed by atoms with Gasteiger partial charge in [0, 0.05) is 18.3 Å². The van der Waals surface area contributed by atoms with Gasteiger partial charge >= 0.3 is 0 Å². The Labute approximate surface area is 143 Å². The molecule has 1 aromatic heterocycles. The molecule has 1 N–H and O–H groups in total. The van der Waals surface area contributed by atoms with Crippen LogP contribution in [-0.2, 0) is 0 Å². The van der Waals surface area contributed by atoms with Crippen LogP contribution in [0.2, 0.25) is 0 Å². The zero-order valence-electron chi connectivity index (χ0n) is 13.9. The number of hydrogen-bond donors (Lipinski definition) is 1. The molecule has 0 fully saturated rings. The van der Waals surface area contributed by atoms with Gasteiger partial charge in [0.1, 0.15) is 17.3 Å². The molecule has 0 aliphatic heterocycles. The number of rotatable bonds is 4. The normalized spacial score (nSPS) is 11.0. The lowest BCUT2D eigenvalue weighted by Gasteiger charge is -2.16. The van der Waals surface area contributed by atoms with Crippen molar-refractivity contribution in [2.75, 3.05) is 0 Å². The molecule has 0 radical (unpaired) electrons. The quantitative estimate of drug-likeness (QED) is 0.521. The first-order valence-electron chi connectivity index (χ1n) is 7.45. The van der Waals surface area contributed by atoms with Crippen LogP contribution in [0.15, 0.2) is 34.1 Å². The molecule has 0 unspecified atom stereocenters. The lowest BCUT2D eigenvalue weighted by Crippen LogP contribution is -2.26. The SMILES string of the molecule is Cc1c(C=Nc2ccccc2[N+](=O)[O-])c(O)n(C(C)C)c(=O)c1C#N. The van der Waals surface area contributed by atoms with Gasteiger partial charge in [-0.1, -0.05) is 12.1 Å². The van der Waals surface area contributed by atoms with E-state index in [1.807, 2.05) is 6.07 Å². The van der Waals surface area contributed by atoms with E-state index in [4.69, 9.17) is 0 Å². The number of aromatic nitrogens is 1. The average molecular weight is 340 g/mol. The Hall–Kier alpha value is -3.47. The topological polar surface area (TPSA) is 122 Å². The highest BCUT2D eigenvalue weighted by Crippen LogP contribution is 2.28. The van der Waals surface area contributed by atoms with E-state index in [-0.39, 0.29) is 40.0 Å². The molecule has 0 aliphatic rings. The number of pyridine rings is 1. The maximum Gasteiger partial charge on any atom is 0.294 e. The van der Waals surface area contributed by atoms with E-state index in [0.29, 0.717) is 0 Å². The molecule has 1 aromatic carbocycles. The summed E-state index contributed by atoms with van der Waals surface area (Å²) in [5.74, 6) is -0.334. The molecule has 0 saturated carbocycles. The standard InChI is InChI=1S/C17H16N4O4/c1-10(2)20-16(22)12(8-18)11(3)13(17(20)23)9-19-14-6-4-5-7-15(14)21(24)25/h4-7,9-10,23H,1-3H3. The Balaban J connectivity index is 2.69. The van der Waals surface area contributed by atoms with Crippen molar-refractivity contribution in [2.24, 2.45) is 4.99 Å². The highest BCUT2D eigenvalue weighted by Gasteiger charge is 2.20. The summed E-state index contributed by atoms with van der Waals surface area (Å²) in [6.07, 6.45) is 1.23. The van der Waals surface area contributed by atoms with Gasteiger partial charge in [0.05, 0.1) is 10.5 Å². The molecule has 0 aliphatic carbocycles. The number of aromatic hydroxyl groups is 1. The fraction of sp³-hybridized carbons (Fsp3) is 0.235. The predicted molar refractivity (Wildman–Crippen MR) is 92.6 cm³/mol. The summed E-state index contributed by atoms with van der Waals surface area (Å²) >= 11 is 0. The lowest BCUT2D eigenvalue weighted by atomic mass is 10.1.